The number of carbonyl (C=O) groups is 4. The maximum atomic E-state index is 11.7. The number of nitrogens with one attached hydrogen (secondary N) is 1. The van der Waals surface area contributed by atoms with Crippen LogP contribution in [0.15, 0.2) is 0 Å². The van der Waals surface area contributed by atoms with Gasteiger partial charge in [-0.3, -0.25) is 19.2 Å². The highest BCUT2D eigenvalue weighted by Gasteiger charge is 2.51. The van der Waals surface area contributed by atoms with Crippen LogP contribution >= 0.6 is 12.4 Å². The summed E-state index contributed by atoms with van der Waals surface area (Å²) in [6, 6.07) is -0.961. The van der Waals surface area contributed by atoms with E-state index in [-0.39, 0.29) is 25.6 Å². The summed E-state index contributed by atoms with van der Waals surface area (Å²) in [5.41, 5.74) is 5.46. The number of hydrogen-bond donors (Lipinski definition) is 2. The molecule has 12 heteroatoms. The number of rotatable bonds is 9. The average molecular weight is 441 g/mol. The van der Waals surface area contributed by atoms with Gasteiger partial charge < -0.3 is 34.7 Å². The molecule has 1 saturated heterocycles. The van der Waals surface area contributed by atoms with Crippen LogP contribution in [0, 0.1) is 0 Å². The van der Waals surface area contributed by atoms with E-state index in [1.165, 1.54) is 27.7 Å². The Kier molecular flexibility index (Phi) is 12.4. The van der Waals surface area contributed by atoms with Gasteiger partial charge in [-0.05, 0) is 13.0 Å². The molecule has 0 aromatic carbocycles. The third-order valence-electron chi connectivity index (χ3n) is 3.70. The maximum absolute atomic E-state index is 11.7. The number of ether oxygens (including phenoxy) is 5. The molecule has 1 aliphatic heterocycles. The van der Waals surface area contributed by atoms with Crippen LogP contribution < -0.4 is 11.1 Å². The Bertz CT molecular complexity index is 575. The third kappa shape index (κ3) is 9.39. The van der Waals surface area contributed by atoms with Crippen LogP contribution in [0.1, 0.15) is 34.1 Å². The summed E-state index contributed by atoms with van der Waals surface area (Å²) in [4.78, 5) is 46.1. The Morgan fingerprint density at radius 1 is 0.966 bits per heavy atom. The monoisotopic (exact) mass is 440 g/mol. The Hall–Kier alpha value is -1.95. The first-order valence-electron chi connectivity index (χ1n) is 8.87. The van der Waals surface area contributed by atoms with Crippen LogP contribution in [-0.4, -0.2) is 74.2 Å². The van der Waals surface area contributed by atoms with Gasteiger partial charge >= 0.3 is 17.9 Å². The van der Waals surface area contributed by atoms with E-state index in [1.807, 2.05) is 0 Å². The highest BCUT2D eigenvalue weighted by molar-refractivity contribution is 5.85. The molecule has 0 aromatic rings. The molecule has 1 aliphatic rings. The van der Waals surface area contributed by atoms with E-state index in [9.17, 15) is 19.2 Å². The Morgan fingerprint density at radius 3 is 2.03 bits per heavy atom. The maximum Gasteiger partial charge on any atom is 0.303 e. The quantitative estimate of drug-likeness (QED) is 0.270. The van der Waals surface area contributed by atoms with Crippen molar-refractivity contribution in [2.24, 2.45) is 5.73 Å². The summed E-state index contributed by atoms with van der Waals surface area (Å²) < 4.78 is 27.0. The molecule has 0 bridgehead atoms. The van der Waals surface area contributed by atoms with Gasteiger partial charge in [-0.25, -0.2) is 0 Å². The molecule has 1 rings (SSSR count). The van der Waals surface area contributed by atoms with Crippen molar-refractivity contribution >= 4 is 36.2 Å². The third-order valence-corrected chi connectivity index (χ3v) is 3.70. The standard InChI is InChI=1S/C17H28N2O9.ClH/c1-9(20)19-14-16(27-12(4)23)15(26-11(3)22)13(8-25-10(2)21)28-17(14)24-7-5-6-18;/h13-17H,5-8,18H2,1-4H3,(H,19,20);1H/t13-,14-,15+,16-,17?;/m1./s1. The van der Waals surface area contributed by atoms with E-state index in [0.717, 1.165) is 0 Å². The summed E-state index contributed by atoms with van der Waals surface area (Å²) in [5.74, 6) is -2.33. The lowest BCUT2D eigenvalue weighted by Gasteiger charge is -2.44. The number of amides is 1. The predicted molar refractivity (Wildman–Crippen MR) is 101 cm³/mol. The first-order valence-corrected chi connectivity index (χ1v) is 8.87. The van der Waals surface area contributed by atoms with Crippen molar-refractivity contribution in [3.8, 4) is 0 Å². The van der Waals surface area contributed by atoms with Gasteiger partial charge in [-0.15, -0.1) is 12.4 Å². The summed E-state index contributed by atoms with van der Waals surface area (Å²) in [6.07, 6.45) is -3.76. The lowest BCUT2D eigenvalue weighted by Crippen LogP contribution is -2.66. The Labute approximate surface area is 175 Å². The fraction of sp³-hybridized carbons (Fsp3) is 0.765. The Balaban J connectivity index is 0.00000784. The molecule has 29 heavy (non-hydrogen) atoms. The van der Waals surface area contributed by atoms with Crippen molar-refractivity contribution in [2.45, 2.75) is 64.8 Å². The molecule has 0 radical (unpaired) electrons. The molecule has 1 unspecified atom stereocenters. The summed E-state index contributed by atoms with van der Waals surface area (Å²) in [7, 11) is 0. The molecule has 0 aromatic heterocycles. The van der Waals surface area contributed by atoms with Crippen molar-refractivity contribution in [3.63, 3.8) is 0 Å². The molecule has 0 aliphatic carbocycles. The topological polar surface area (TPSA) is 152 Å². The van der Waals surface area contributed by atoms with Crippen LogP contribution in [0.2, 0.25) is 0 Å². The first-order chi connectivity index (χ1) is 13.1. The molecule has 3 N–H and O–H groups in total. The summed E-state index contributed by atoms with van der Waals surface area (Å²) in [6.45, 7) is 5.15. The number of halogens is 1. The molecule has 1 fully saturated rings. The zero-order valence-corrected chi connectivity index (χ0v) is 17.7. The highest BCUT2D eigenvalue weighted by atomic mass is 35.5. The minimum atomic E-state index is -1.13. The average Bonchev–Trinajstić information content (AvgIpc) is 2.57. The van der Waals surface area contributed by atoms with Gasteiger partial charge in [0.2, 0.25) is 5.91 Å². The minimum Gasteiger partial charge on any atom is -0.463 e. The van der Waals surface area contributed by atoms with Gasteiger partial charge in [0.1, 0.15) is 18.8 Å². The van der Waals surface area contributed by atoms with E-state index in [1.54, 1.807) is 0 Å². The second-order valence-corrected chi connectivity index (χ2v) is 6.23. The van der Waals surface area contributed by atoms with E-state index < -0.39 is 54.5 Å². The van der Waals surface area contributed by atoms with E-state index in [0.29, 0.717) is 13.0 Å². The fourth-order valence-corrected chi connectivity index (χ4v) is 2.72. The van der Waals surface area contributed by atoms with Crippen LogP contribution in [-0.2, 0) is 42.9 Å². The molecule has 11 nitrogen and oxygen atoms in total. The fourth-order valence-electron chi connectivity index (χ4n) is 2.72. The lowest BCUT2D eigenvalue weighted by molar-refractivity contribution is -0.277. The van der Waals surface area contributed by atoms with Gasteiger partial charge in [-0.1, -0.05) is 0 Å². The molecular weight excluding hydrogens is 412 g/mol. The second-order valence-electron chi connectivity index (χ2n) is 6.23. The summed E-state index contributed by atoms with van der Waals surface area (Å²) >= 11 is 0. The molecule has 0 spiro atoms. The van der Waals surface area contributed by atoms with Crippen LogP contribution in [0.25, 0.3) is 0 Å². The van der Waals surface area contributed by atoms with Crippen molar-refractivity contribution in [1.82, 2.24) is 5.32 Å². The lowest BCUT2D eigenvalue weighted by atomic mass is 9.96. The SMILES string of the molecule is CC(=O)N[C@H]1C(OCCCN)O[C@H](COC(C)=O)[C@H](OC(C)=O)[C@@H]1OC(C)=O.Cl. The van der Waals surface area contributed by atoms with E-state index in [4.69, 9.17) is 29.4 Å². The van der Waals surface area contributed by atoms with Crippen molar-refractivity contribution in [3.05, 3.63) is 0 Å². The number of esters is 3. The highest BCUT2D eigenvalue weighted by Crippen LogP contribution is 2.28. The molecule has 1 heterocycles. The number of hydrogen-bond acceptors (Lipinski definition) is 10. The van der Waals surface area contributed by atoms with Crippen LogP contribution in [0.3, 0.4) is 0 Å². The molecule has 5 atom stereocenters. The zero-order valence-electron chi connectivity index (χ0n) is 16.9. The van der Waals surface area contributed by atoms with E-state index >= 15 is 0 Å². The smallest absolute Gasteiger partial charge is 0.303 e. The van der Waals surface area contributed by atoms with Gasteiger partial charge in [0, 0.05) is 27.7 Å². The minimum absolute atomic E-state index is 0. The number of nitrogens with two attached hydrogens (primary N) is 1. The Morgan fingerprint density at radius 2 is 1.55 bits per heavy atom. The van der Waals surface area contributed by atoms with Gasteiger partial charge in [0.05, 0.1) is 6.61 Å². The molecular formula is C17H29ClN2O9. The van der Waals surface area contributed by atoms with Gasteiger partial charge in [-0.2, -0.15) is 0 Å². The van der Waals surface area contributed by atoms with Gasteiger partial charge in [0.25, 0.3) is 0 Å². The molecule has 168 valence electrons. The van der Waals surface area contributed by atoms with E-state index in [2.05, 4.69) is 5.32 Å². The largest absolute Gasteiger partial charge is 0.463 e. The zero-order chi connectivity index (χ0) is 21.3. The van der Waals surface area contributed by atoms with Crippen molar-refractivity contribution in [2.75, 3.05) is 19.8 Å². The summed E-state index contributed by atoms with van der Waals surface area (Å²) in [5, 5.41) is 2.61. The number of carbonyl (C=O) groups excluding carboxylic acids is 4. The van der Waals surface area contributed by atoms with Crippen LogP contribution in [0.5, 0.6) is 0 Å². The van der Waals surface area contributed by atoms with Crippen molar-refractivity contribution < 1.29 is 42.9 Å². The molecule has 1 amide bonds. The molecule has 0 saturated carbocycles. The van der Waals surface area contributed by atoms with Crippen LogP contribution in [0.4, 0.5) is 0 Å². The van der Waals surface area contributed by atoms with Crippen molar-refractivity contribution in [1.29, 1.82) is 0 Å². The predicted octanol–water partition coefficient (Wildman–Crippen LogP) is -0.570. The normalized spacial score (nSPS) is 25.9. The first kappa shape index (κ1) is 27.0. The second kappa shape index (κ2) is 13.3. The van der Waals surface area contributed by atoms with Gasteiger partial charge in [0.15, 0.2) is 18.5 Å².